The van der Waals surface area contributed by atoms with Gasteiger partial charge >= 0.3 is 11.9 Å². The van der Waals surface area contributed by atoms with Crippen molar-refractivity contribution in [3.63, 3.8) is 0 Å². The molecule has 7 heteroatoms. The van der Waals surface area contributed by atoms with Gasteiger partial charge in [0.25, 0.3) is 0 Å². The molecule has 0 spiro atoms. The first-order chi connectivity index (χ1) is 19.3. The predicted octanol–water partition coefficient (Wildman–Crippen LogP) is 8.66. The van der Waals surface area contributed by atoms with Crippen LogP contribution in [-0.2, 0) is 19.1 Å². The van der Waals surface area contributed by atoms with Crippen LogP contribution in [0.4, 0.5) is 4.39 Å². The Kier molecular flexibility index (Phi) is 10.0. The SMILES string of the molecule is C=C(C)C(=O)OC(C)=C(C)Oc1ccc(-c2ccc(-c3ccc(OC(C)=C(C)OC(=O)C(=C)C)cc3)c(F)c2)cc1. The van der Waals surface area contributed by atoms with Crippen LogP contribution < -0.4 is 9.47 Å². The van der Waals surface area contributed by atoms with Gasteiger partial charge in [0.15, 0.2) is 0 Å². The summed E-state index contributed by atoms with van der Waals surface area (Å²) in [5.41, 5.74) is 3.23. The van der Waals surface area contributed by atoms with Gasteiger partial charge in [-0.1, -0.05) is 49.6 Å². The number of carbonyl (C=O) groups is 2. The predicted molar refractivity (Wildman–Crippen MR) is 157 cm³/mol. The second kappa shape index (κ2) is 13.4. The molecule has 6 nitrogen and oxygen atoms in total. The van der Waals surface area contributed by atoms with E-state index in [9.17, 15) is 9.59 Å². The zero-order chi connectivity index (χ0) is 30.3. The van der Waals surface area contributed by atoms with Gasteiger partial charge in [-0.25, -0.2) is 14.0 Å². The van der Waals surface area contributed by atoms with Gasteiger partial charge in [0.05, 0.1) is 0 Å². The molecule has 0 aliphatic rings. The van der Waals surface area contributed by atoms with E-state index in [0.717, 1.165) is 5.56 Å². The summed E-state index contributed by atoms with van der Waals surface area (Å²) in [6.07, 6.45) is 0. The molecule has 0 amide bonds. The Morgan fingerprint density at radius 3 is 1.34 bits per heavy atom. The summed E-state index contributed by atoms with van der Waals surface area (Å²) in [6.45, 7) is 16.9. The monoisotopic (exact) mass is 556 g/mol. The minimum atomic E-state index is -0.523. The lowest BCUT2D eigenvalue weighted by atomic mass is 9.99. The Balaban J connectivity index is 1.70. The number of allylic oxidation sites excluding steroid dienone is 4. The van der Waals surface area contributed by atoms with Crippen molar-refractivity contribution < 1.29 is 32.9 Å². The topological polar surface area (TPSA) is 71.1 Å². The molecule has 0 heterocycles. The van der Waals surface area contributed by atoms with Gasteiger partial charge in [0.1, 0.15) is 40.4 Å². The third-order valence-corrected chi connectivity index (χ3v) is 6.04. The first-order valence-corrected chi connectivity index (χ1v) is 12.8. The summed E-state index contributed by atoms with van der Waals surface area (Å²) in [6, 6.07) is 19.2. The minimum absolute atomic E-state index is 0.291. The summed E-state index contributed by atoms with van der Waals surface area (Å²) >= 11 is 0. The average Bonchev–Trinajstić information content (AvgIpc) is 2.93. The molecule has 0 N–H and O–H groups in total. The van der Waals surface area contributed by atoms with Gasteiger partial charge in [-0.2, -0.15) is 0 Å². The third kappa shape index (κ3) is 8.29. The Morgan fingerprint density at radius 1 is 0.561 bits per heavy atom. The maximum Gasteiger partial charge on any atom is 0.338 e. The molecule has 0 fully saturated rings. The van der Waals surface area contributed by atoms with Crippen LogP contribution in [0, 0.1) is 5.82 Å². The van der Waals surface area contributed by atoms with Gasteiger partial charge in [0, 0.05) is 16.7 Å². The van der Waals surface area contributed by atoms with Gasteiger partial charge in [-0.15, -0.1) is 0 Å². The summed E-state index contributed by atoms with van der Waals surface area (Å²) in [5, 5.41) is 0. The van der Waals surface area contributed by atoms with Crippen molar-refractivity contribution in [1.82, 2.24) is 0 Å². The van der Waals surface area contributed by atoms with Crippen LogP contribution in [0.15, 0.2) is 114 Å². The van der Waals surface area contributed by atoms with E-state index in [1.165, 1.54) is 6.07 Å². The molecule has 212 valence electrons. The van der Waals surface area contributed by atoms with E-state index in [0.29, 0.717) is 62.4 Å². The Labute approximate surface area is 240 Å². The van der Waals surface area contributed by atoms with Gasteiger partial charge in [-0.3, -0.25) is 0 Å². The van der Waals surface area contributed by atoms with Crippen molar-refractivity contribution in [3.8, 4) is 33.8 Å². The van der Waals surface area contributed by atoms with Gasteiger partial charge < -0.3 is 18.9 Å². The van der Waals surface area contributed by atoms with E-state index >= 15 is 4.39 Å². The van der Waals surface area contributed by atoms with E-state index in [1.54, 1.807) is 84.0 Å². The van der Waals surface area contributed by atoms with Crippen molar-refractivity contribution in [2.45, 2.75) is 41.5 Å². The molecule has 0 saturated heterocycles. The van der Waals surface area contributed by atoms with Crippen LogP contribution in [0.2, 0.25) is 0 Å². The average molecular weight is 557 g/mol. The lowest BCUT2D eigenvalue weighted by Gasteiger charge is -2.12. The standard InChI is InChI=1S/C34H33FO6/c1-20(2)33(36)40-24(7)22(5)38-29-14-9-26(10-15-29)28-13-18-31(32(35)19-28)27-11-16-30(17-12-27)39-23(6)25(8)41-34(37)21(3)4/h9-19H,1,3H2,2,4-8H3. The fourth-order valence-corrected chi connectivity index (χ4v) is 3.44. The van der Waals surface area contributed by atoms with Crippen molar-refractivity contribution >= 4 is 11.9 Å². The second-order valence-corrected chi connectivity index (χ2v) is 9.51. The Bertz CT molecular complexity index is 1540. The first-order valence-electron chi connectivity index (χ1n) is 12.8. The number of benzene rings is 3. The van der Waals surface area contributed by atoms with Gasteiger partial charge in [0.2, 0.25) is 0 Å². The zero-order valence-corrected chi connectivity index (χ0v) is 24.1. The van der Waals surface area contributed by atoms with E-state index in [4.69, 9.17) is 18.9 Å². The van der Waals surface area contributed by atoms with Crippen LogP contribution in [0.1, 0.15) is 41.5 Å². The summed E-state index contributed by atoms with van der Waals surface area (Å²) in [5.74, 6) is 1.18. The molecule has 41 heavy (non-hydrogen) atoms. The largest absolute Gasteiger partial charge is 0.459 e. The molecule has 3 aromatic carbocycles. The van der Waals surface area contributed by atoms with Crippen molar-refractivity contribution in [1.29, 1.82) is 0 Å². The van der Waals surface area contributed by atoms with Crippen LogP contribution in [0.25, 0.3) is 22.3 Å². The molecule has 0 aromatic heterocycles. The lowest BCUT2D eigenvalue weighted by molar-refractivity contribution is -0.136. The molecule has 0 aliphatic carbocycles. The van der Waals surface area contributed by atoms with Crippen molar-refractivity contribution in [3.05, 3.63) is 120 Å². The summed E-state index contributed by atoms with van der Waals surface area (Å²) in [7, 11) is 0. The van der Waals surface area contributed by atoms with E-state index in [-0.39, 0.29) is 5.82 Å². The summed E-state index contributed by atoms with van der Waals surface area (Å²) in [4.78, 5) is 23.4. The van der Waals surface area contributed by atoms with Gasteiger partial charge in [-0.05, 0) is 88.6 Å². The third-order valence-electron chi connectivity index (χ3n) is 6.04. The molecule has 0 atom stereocenters. The van der Waals surface area contributed by atoms with Crippen LogP contribution in [-0.4, -0.2) is 11.9 Å². The molecular formula is C34H33FO6. The minimum Gasteiger partial charge on any atom is -0.459 e. The highest BCUT2D eigenvalue weighted by Crippen LogP contribution is 2.31. The molecule has 0 bridgehead atoms. The molecule has 0 aliphatic heterocycles. The van der Waals surface area contributed by atoms with Crippen LogP contribution in [0.5, 0.6) is 11.5 Å². The second-order valence-electron chi connectivity index (χ2n) is 9.51. The highest BCUT2D eigenvalue weighted by molar-refractivity contribution is 5.88. The van der Waals surface area contributed by atoms with Crippen molar-refractivity contribution in [2.24, 2.45) is 0 Å². The fraction of sp³-hybridized carbons (Fsp3) is 0.176. The maximum atomic E-state index is 15.2. The van der Waals surface area contributed by atoms with E-state index in [1.807, 2.05) is 18.2 Å². The quantitative estimate of drug-likeness (QED) is 0.141. The summed E-state index contributed by atoms with van der Waals surface area (Å²) < 4.78 is 37.1. The molecule has 0 unspecified atom stereocenters. The van der Waals surface area contributed by atoms with Crippen LogP contribution in [0.3, 0.4) is 0 Å². The number of hydrogen-bond acceptors (Lipinski definition) is 6. The molecule has 0 radical (unpaired) electrons. The normalized spacial score (nSPS) is 12.0. The number of hydrogen-bond donors (Lipinski definition) is 0. The number of halogens is 1. The molecular weight excluding hydrogens is 523 g/mol. The zero-order valence-electron chi connectivity index (χ0n) is 24.1. The number of rotatable bonds is 10. The fourth-order valence-electron chi connectivity index (χ4n) is 3.44. The van der Waals surface area contributed by atoms with E-state index in [2.05, 4.69) is 13.2 Å². The number of carbonyl (C=O) groups excluding carboxylic acids is 2. The van der Waals surface area contributed by atoms with Crippen molar-refractivity contribution in [2.75, 3.05) is 0 Å². The number of esters is 2. The molecule has 3 aromatic rings. The highest BCUT2D eigenvalue weighted by atomic mass is 19.1. The molecule has 0 saturated carbocycles. The smallest absolute Gasteiger partial charge is 0.338 e. The van der Waals surface area contributed by atoms with Crippen LogP contribution >= 0.6 is 0 Å². The molecule has 3 rings (SSSR count). The Morgan fingerprint density at radius 2 is 0.951 bits per heavy atom. The number of ether oxygens (including phenoxy) is 4. The van der Waals surface area contributed by atoms with E-state index < -0.39 is 11.9 Å². The maximum absolute atomic E-state index is 15.2. The lowest BCUT2D eigenvalue weighted by Crippen LogP contribution is -2.06. The first kappa shape index (κ1) is 30.6. The Hall–Kier alpha value is -4.91. The highest BCUT2D eigenvalue weighted by Gasteiger charge is 2.12.